The van der Waals surface area contributed by atoms with E-state index in [0.29, 0.717) is 9.21 Å². The highest BCUT2D eigenvalue weighted by Crippen LogP contribution is 2.22. The van der Waals surface area contributed by atoms with Crippen molar-refractivity contribution >= 4 is 28.7 Å². The number of hydrogen-bond donors (Lipinski definition) is 0. The average Bonchev–Trinajstić information content (AvgIpc) is 2.85. The topological polar surface area (TPSA) is 34.9 Å². The third-order valence-electron chi connectivity index (χ3n) is 3.03. The van der Waals surface area contributed by atoms with Gasteiger partial charge < -0.3 is 0 Å². The van der Waals surface area contributed by atoms with Crippen molar-refractivity contribution in [2.24, 2.45) is 0 Å². The lowest BCUT2D eigenvalue weighted by Crippen LogP contribution is -2.12. The number of Topliss-reactive ketones (excluding diaryl/α,β-unsaturated/α-hetero) is 1. The minimum atomic E-state index is 0.0557. The molecule has 0 amide bonds. The normalized spacial score (nSPS) is 10.9. The number of carbonyl (C=O) groups excluding carboxylic acids is 1. The van der Waals surface area contributed by atoms with E-state index < -0.39 is 0 Å². The molecule has 96 valence electrons. The first-order chi connectivity index (χ1) is 8.52. The molecule has 2 rings (SSSR count). The zero-order valence-corrected chi connectivity index (χ0v) is 12.2. The van der Waals surface area contributed by atoms with Gasteiger partial charge in [-0.1, -0.05) is 18.5 Å². The van der Waals surface area contributed by atoms with E-state index in [4.69, 9.17) is 11.6 Å². The Balaban J connectivity index is 2.22. The molecule has 0 saturated heterocycles. The van der Waals surface area contributed by atoms with E-state index in [9.17, 15) is 4.79 Å². The van der Waals surface area contributed by atoms with Crippen LogP contribution in [0.1, 0.15) is 33.5 Å². The third kappa shape index (κ3) is 2.49. The summed E-state index contributed by atoms with van der Waals surface area (Å²) in [4.78, 5) is 12.8. The highest BCUT2D eigenvalue weighted by molar-refractivity contribution is 7.18. The van der Waals surface area contributed by atoms with E-state index in [0.717, 1.165) is 17.8 Å². The monoisotopic (exact) mass is 282 g/mol. The second-order valence-electron chi connectivity index (χ2n) is 4.19. The van der Waals surface area contributed by atoms with Crippen LogP contribution in [0.25, 0.3) is 0 Å². The van der Waals surface area contributed by atoms with Crippen LogP contribution in [0.4, 0.5) is 0 Å². The summed E-state index contributed by atoms with van der Waals surface area (Å²) >= 11 is 7.15. The molecule has 0 saturated carbocycles. The van der Waals surface area contributed by atoms with Gasteiger partial charge in [-0.25, -0.2) is 0 Å². The van der Waals surface area contributed by atoms with E-state index >= 15 is 0 Å². The molecule has 0 spiro atoms. The molecule has 0 aliphatic rings. The van der Waals surface area contributed by atoms with E-state index in [2.05, 4.69) is 12.0 Å². The molecule has 0 N–H and O–H groups in total. The molecule has 18 heavy (non-hydrogen) atoms. The van der Waals surface area contributed by atoms with Crippen LogP contribution in [0.2, 0.25) is 4.34 Å². The molecule has 0 atom stereocenters. The lowest BCUT2D eigenvalue weighted by atomic mass is 10.1. The second kappa shape index (κ2) is 5.24. The number of hydrogen-bond acceptors (Lipinski definition) is 3. The summed E-state index contributed by atoms with van der Waals surface area (Å²) in [5.74, 6) is 0.0557. The van der Waals surface area contributed by atoms with Crippen LogP contribution >= 0.6 is 22.9 Å². The lowest BCUT2D eigenvalue weighted by molar-refractivity contribution is 0.0970. The van der Waals surface area contributed by atoms with Gasteiger partial charge in [0.05, 0.1) is 14.9 Å². The van der Waals surface area contributed by atoms with Crippen molar-refractivity contribution in [3.05, 3.63) is 38.3 Å². The van der Waals surface area contributed by atoms with E-state index in [1.165, 1.54) is 16.9 Å². The van der Waals surface area contributed by atoms with Gasteiger partial charge in [-0.05, 0) is 38.0 Å². The summed E-state index contributed by atoms with van der Waals surface area (Å²) in [5.41, 5.74) is 3.31. The standard InChI is InChI=1S/C13H15ClN2OS/c1-4-10-8(2)15-16(9(10)3)7-11(17)12-5-6-13(14)18-12/h5-6H,4,7H2,1-3H3. The smallest absolute Gasteiger partial charge is 0.194 e. The Morgan fingerprint density at radius 3 is 2.67 bits per heavy atom. The molecule has 0 radical (unpaired) electrons. The van der Waals surface area contributed by atoms with E-state index in [1.807, 2.05) is 13.8 Å². The molecule has 0 fully saturated rings. The Morgan fingerprint density at radius 1 is 1.44 bits per heavy atom. The molecular weight excluding hydrogens is 268 g/mol. The summed E-state index contributed by atoms with van der Waals surface area (Å²) in [5, 5.41) is 4.42. The molecule has 0 bridgehead atoms. The number of aryl methyl sites for hydroxylation is 1. The van der Waals surface area contributed by atoms with Crippen LogP contribution in [0.3, 0.4) is 0 Å². The van der Waals surface area contributed by atoms with Gasteiger partial charge in [0.15, 0.2) is 5.78 Å². The van der Waals surface area contributed by atoms with E-state index in [-0.39, 0.29) is 12.3 Å². The van der Waals surface area contributed by atoms with Crippen LogP contribution in [-0.4, -0.2) is 15.6 Å². The molecule has 0 aromatic carbocycles. The number of halogens is 1. The van der Waals surface area contributed by atoms with Crippen LogP contribution in [0, 0.1) is 13.8 Å². The van der Waals surface area contributed by atoms with Crippen molar-refractivity contribution in [3.63, 3.8) is 0 Å². The summed E-state index contributed by atoms with van der Waals surface area (Å²) in [6.07, 6.45) is 0.941. The largest absolute Gasteiger partial charge is 0.291 e. The molecule has 2 aromatic rings. The summed E-state index contributed by atoms with van der Waals surface area (Å²) in [6, 6.07) is 3.51. The van der Waals surface area contributed by atoms with Gasteiger partial charge in [-0.2, -0.15) is 5.10 Å². The number of aromatic nitrogens is 2. The quantitative estimate of drug-likeness (QED) is 0.802. The minimum Gasteiger partial charge on any atom is -0.291 e. The van der Waals surface area contributed by atoms with Gasteiger partial charge >= 0.3 is 0 Å². The number of carbonyl (C=O) groups is 1. The Labute approximate surface area is 115 Å². The Kier molecular flexibility index (Phi) is 3.88. The molecule has 0 unspecified atom stereocenters. The maximum absolute atomic E-state index is 12.1. The first-order valence-electron chi connectivity index (χ1n) is 5.84. The third-order valence-corrected chi connectivity index (χ3v) is 4.30. The maximum atomic E-state index is 12.1. The average molecular weight is 283 g/mol. The first-order valence-corrected chi connectivity index (χ1v) is 7.03. The fraction of sp³-hybridized carbons (Fsp3) is 0.385. The summed E-state index contributed by atoms with van der Waals surface area (Å²) < 4.78 is 2.42. The summed E-state index contributed by atoms with van der Waals surface area (Å²) in [7, 11) is 0. The van der Waals surface area contributed by atoms with Gasteiger partial charge in [-0.15, -0.1) is 11.3 Å². The van der Waals surface area contributed by atoms with Crippen molar-refractivity contribution in [2.45, 2.75) is 33.7 Å². The molecular formula is C13H15ClN2OS. The van der Waals surface area contributed by atoms with Crippen LogP contribution in [0.15, 0.2) is 12.1 Å². The van der Waals surface area contributed by atoms with Crippen LogP contribution < -0.4 is 0 Å². The van der Waals surface area contributed by atoms with E-state index in [1.54, 1.807) is 16.8 Å². The molecule has 3 nitrogen and oxygen atoms in total. The SMILES string of the molecule is CCc1c(C)nn(CC(=O)c2ccc(Cl)s2)c1C. The Bertz CT molecular complexity index is 586. The second-order valence-corrected chi connectivity index (χ2v) is 5.90. The van der Waals surface area contributed by atoms with Crippen molar-refractivity contribution < 1.29 is 4.79 Å². The predicted octanol–water partition coefficient (Wildman–Crippen LogP) is 3.66. The van der Waals surface area contributed by atoms with Gasteiger partial charge in [0.2, 0.25) is 0 Å². The lowest BCUT2D eigenvalue weighted by Gasteiger charge is -2.03. The molecule has 2 aromatic heterocycles. The Morgan fingerprint density at radius 2 is 2.17 bits per heavy atom. The first kappa shape index (κ1) is 13.3. The van der Waals surface area contributed by atoms with Gasteiger partial charge in [0.25, 0.3) is 0 Å². The predicted molar refractivity (Wildman–Crippen MR) is 74.7 cm³/mol. The zero-order valence-electron chi connectivity index (χ0n) is 10.7. The van der Waals surface area contributed by atoms with Crippen molar-refractivity contribution in [1.82, 2.24) is 9.78 Å². The number of ketones is 1. The number of nitrogens with zero attached hydrogens (tertiary/aromatic N) is 2. The highest BCUT2D eigenvalue weighted by atomic mass is 35.5. The number of thiophene rings is 1. The van der Waals surface area contributed by atoms with Crippen LogP contribution in [0.5, 0.6) is 0 Å². The van der Waals surface area contributed by atoms with Crippen molar-refractivity contribution in [2.75, 3.05) is 0 Å². The molecule has 5 heteroatoms. The fourth-order valence-corrected chi connectivity index (χ4v) is 3.05. The van der Waals surface area contributed by atoms with Crippen LogP contribution in [-0.2, 0) is 13.0 Å². The highest BCUT2D eigenvalue weighted by Gasteiger charge is 2.14. The Hall–Kier alpha value is -1.13. The zero-order chi connectivity index (χ0) is 13.3. The molecule has 0 aliphatic carbocycles. The van der Waals surface area contributed by atoms with Crippen molar-refractivity contribution in [3.8, 4) is 0 Å². The number of rotatable bonds is 4. The minimum absolute atomic E-state index is 0.0557. The van der Waals surface area contributed by atoms with Crippen molar-refractivity contribution in [1.29, 1.82) is 0 Å². The molecule has 2 heterocycles. The van der Waals surface area contributed by atoms with Gasteiger partial charge in [0, 0.05) is 5.69 Å². The fourth-order valence-electron chi connectivity index (χ4n) is 2.08. The molecule has 0 aliphatic heterocycles. The van der Waals surface area contributed by atoms with Gasteiger partial charge in [0.1, 0.15) is 6.54 Å². The summed E-state index contributed by atoms with van der Waals surface area (Å²) in [6.45, 7) is 6.37. The maximum Gasteiger partial charge on any atom is 0.194 e. The van der Waals surface area contributed by atoms with Gasteiger partial charge in [-0.3, -0.25) is 9.48 Å².